The van der Waals surface area contributed by atoms with E-state index in [-0.39, 0.29) is 59.9 Å². The van der Waals surface area contributed by atoms with E-state index in [0.29, 0.717) is 12.0 Å². The highest BCUT2D eigenvalue weighted by atomic mass is 16.4. The van der Waals surface area contributed by atoms with E-state index in [1.807, 2.05) is 0 Å². The monoisotopic (exact) mass is 880 g/mol. The Morgan fingerprint density at radius 3 is 1.94 bits per heavy atom. The molecule has 0 radical (unpaired) electrons. The Hall–Kier alpha value is -5.71. The number of carboxylic acid groups (broad SMARTS) is 1. The molecule has 2 aromatic rings. The van der Waals surface area contributed by atoms with Crippen molar-refractivity contribution >= 4 is 41.4 Å². The molecule has 0 aliphatic carbocycles. The molecular formula is C46H68N6O11. The number of carbonyl (C=O) groups is 7. The zero-order chi connectivity index (χ0) is 46.3. The Kier molecular flexibility index (Phi) is 22.4. The van der Waals surface area contributed by atoms with Crippen molar-refractivity contribution in [3.8, 4) is 22.6 Å². The molecule has 63 heavy (non-hydrogen) atoms. The number of fused-ring (bicyclic) bond motifs is 5. The average molecular weight is 881 g/mol. The van der Waals surface area contributed by atoms with Gasteiger partial charge in [-0.15, -0.1) is 0 Å². The van der Waals surface area contributed by atoms with Crippen molar-refractivity contribution in [2.24, 2.45) is 5.92 Å². The highest BCUT2D eigenvalue weighted by Crippen LogP contribution is 2.38. The number of unbranched alkanes of at least 4 members (excludes halogenated alkanes) is 12. The summed E-state index contributed by atoms with van der Waals surface area (Å²) < 4.78 is 0. The van der Waals surface area contributed by atoms with E-state index in [9.17, 15) is 54.0 Å². The van der Waals surface area contributed by atoms with Gasteiger partial charge in [-0.05, 0) is 55.2 Å². The minimum atomic E-state index is -1.48. The van der Waals surface area contributed by atoms with Crippen molar-refractivity contribution in [3.63, 3.8) is 0 Å². The highest BCUT2D eigenvalue weighted by molar-refractivity contribution is 5.95. The fourth-order valence-electron chi connectivity index (χ4n) is 7.25. The highest BCUT2D eigenvalue weighted by Gasteiger charge is 2.30. The predicted molar refractivity (Wildman–Crippen MR) is 236 cm³/mol. The molecule has 2 aromatic carbocycles. The van der Waals surface area contributed by atoms with Crippen molar-refractivity contribution < 1.29 is 54.0 Å². The van der Waals surface area contributed by atoms with Gasteiger partial charge in [-0.25, -0.2) is 4.79 Å². The molecule has 17 nitrogen and oxygen atoms in total. The standard InChI is InChI=1S/C46H68N6O11/c1-4-5-6-7-8-9-10-11-12-13-14-15-16-17-39(56)50-36(28-53)44(60)47-23-22-29(2)42(58)48-27-40(57)52-41-32-19-21-38(55)34(26-32)33-24-31(18-20-37(33)54)25-35(46(62)63)51-43(59)30(3)49-45(41)61/h18-21,24,26,29-30,35-36,41,53-55H,4-17,22-23,25,27-28H2,1-3H3,(H,47,60)(H,48,58)(H,49,61)(H,50,56)(H,51,59)(H,52,57)(H,62,63)/t29?,30-,35-,36+,41-/m0/s1. The van der Waals surface area contributed by atoms with Gasteiger partial charge >= 0.3 is 5.97 Å². The van der Waals surface area contributed by atoms with Crippen LogP contribution in [0, 0.1) is 5.92 Å². The van der Waals surface area contributed by atoms with E-state index < -0.39 is 78.7 Å². The molecule has 3 rings (SSSR count). The predicted octanol–water partition coefficient (Wildman–Crippen LogP) is 3.77. The third-order valence-electron chi connectivity index (χ3n) is 11.2. The molecule has 1 aliphatic heterocycles. The number of aliphatic hydroxyl groups is 1. The number of aliphatic hydroxyl groups excluding tert-OH is 1. The Morgan fingerprint density at radius 2 is 1.33 bits per heavy atom. The van der Waals surface area contributed by atoms with Crippen LogP contribution in [0.2, 0.25) is 0 Å². The van der Waals surface area contributed by atoms with E-state index in [2.05, 4.69) is 38.8 Å². The lowest BCUT2D eigenvalue weighted by atomic mass is 9.94. The van der Waals surface area contributed by atoms with Gasteiger partial charge in [-0.1, -0.05) is 103 Å². The molecule has 6 amide bonds. The molecule has 1 aliphatic rings. The third kappa shape index (κ3) is 17.9. The smallest absolute Gasteiger partial charge is 0.326 e. The van der Waals surface area contributed by atoms with Gasteiger partial charge in [0.05, 0.1) is 13.2 Å². The van der Waals surface area contributed by atoms with Crippen LogP contribution in [0.25, 0.3) is 11.1 Å². The van der Waals surface area contributed by atoms with Crippen LogP contribution >= 0.6 is 0 Å². The summed E-state index contributed by atoms with van der Waals surface area (Å²) in [7, 11) is 0. The fourth-order valence-corrected chi connectivity index (χ4v) is 7.25. The van der Waals surface area contributed by atoms with Gasteiger partial charge in [0.2, 0.25) is 35.4 Å². The van der Waals surface area contributed by atoms with Gasteiger partial charge in [0.15, 0.2) is 0 Å². The second kappa shape index (κ2) is 27.4. The average Bonchev–Trinajstić information content (AvgIpc) is 3.25. The number of phenols is 2. The molecule has 5 atom stereocenters. The molecule has 0 fully saturated rings. The molecule has 10 N–H and O–H groups in total. The van der Waals surface area contributed by atoms with E-state index in [0.717, 1.165) is 19.3 Å². The van der Waals surface area contributed by atoms with Gasteiger partial charge in [0.1, 0.15) is 35.7 Å². The topological polar surface area (TPSA) is 273 Å². The summed E-state index contributed by atoms with van der Waals surface area (Å²) in [6.45, 7) is 4.01. The number of carboxylic acids is 1. The quantitative estimate of drug-likeness (QED) is 0.0642. The van der Waals surface area contributed by atoms with Crippen molar-refractivity contribution in [2.45, 2.75) is 148 Å². The summed E-state index contributed by atoms with van der Waals surface area (Å²) in [5, 5.41) is 56.1. The minimum Gasteiger partial charge on any atom is -0.507 e. The Balaban J connectivity index is 1.48. The number of nitrogens with one attached hydrogen (secondary N) is 6. The summed E-state index contributed by atoms with van der Waals surface area (Å²) in [5.41, 5.74) is 0.748. The zero-order valence-corrected chi connectivity index (χ0v) is 36.9. The Bertz CT molecular complexity index is 1860. The summed E-state index contributed by atoms with van der Waals surface area (Å²) in [6, 6.07) is 2.96. The fraction of sp³-hybridized carbons (Fsp3) is 0.587. The number of aromatic hydroxyl groups is 2. The first-order valence-corrected chi connectivity index (χ1v) is 22.4. The maximum absolute atomic E-state index is 13.6. The first-order valence-electron chi connectivity index (χ1n) is 22.4. The van der Waals surface area contributed by atoms with Crippen LogP contribution in [0.3, 0.4) is 0 Å². The summed E-state index contributed by atoms with van der Waals surface area (Å²) >= 11 is 0. The number of carbonyl (C=O) groups excluding carboxylic acids is 6. The van der Waals surface area contributed by atoms with Gasteiger partial charge in [-0.2, -0.15) is 0 Å². The SMILES string of the molecule is CCCCCCCCCCCCCCCC(=O)N[C@H](CO)C(=O)NCCC(C)C(=O)NCC(=O)N[C@@H]1C(=O)N[C@@H](C)C(=O)N[C@H](C(=O)O)Cc2ccc(O)c(c2)-c2cc1ccc2O. The molecule has 0 aromatic heterocycles. The van der Waals surface area contributed by atoms with Gasteiger partial charge in [0, 0.05) is 36.4 Å². The number of hydrogen-bond donors (Lipinski definition) is 10. The van der Waals surface area contributed by atoms with Gasteiger partial charge in [0.25, 0.3) is 0 Å². The van der Waals surface area contributed by atoms with Crippen LogP contribution in [0.15, 0.2) is 36.4 Å². The molecular weight excluding hydrogens is 813 g/mol. The minimum absolute atomic E-state index is 0.0354. The second-order valence-electron chi connectivity index (χ2n) is 16.5. The Morgan fingerprint density at radius 1 is 0.746 bits per heavy atom. The number of rotatable bonds is 25. The van der Waals surface area contributed by atoms with Crippen LogP contribution in [0.4, 0.5) is 0 Å². The first kappa shape index (κ1) is 51.6. The maximum atomic E-state index is 13.6. The molecule has 1 heterocycles. The largest absolute Gasteiger partial charge is 0.507 e. The molecule has 0 saturated carbocycles. The number of phenolic OH excluding ortho intramolecular Hbond substituents is 2. The number of amides is 6. The zero-order valence-electron chi connectivity index (χ0n) is 36.9. The summed E-state index contributed by atoms with van der Waals surface area (Å²) in [4.78, 5) is 89.9. The van der Waals surface area contributed by atoms with Gasteiger partial charge < -0.3 is 52.3 Å². The number of hydrogen-bond acceptors (Lipinski definition) is 10. The van der Waals surface area contributed by atoms with E-state index in [1.165, 1.54) is 101 Å². The maximum Gasteiger partial charge on any atom is 0.326 e. The molecule has 0 saturated heterocycles. The number of benzene rings is 2. The molecule has 1 unspecified atom stereocenters. The van der Waals surface area contributed by atoms with Crippen LogP contribution in [-0.4, -0.2) is 99.7 Å². The summed E-state index contributed by atoms with van der Waals surface area (Å²) in [5.74, 6) is -6.52. The van der Waals surface area contributed by atoms with Gasteiger partial charge in [-0.3, -0.25) is 28.8 Å². The van der Waals surface area contributed by atoms with Crippen LogP contribution < -0.4 is 31.9 Å². The lowest BCUT2D eigenvalue weighted by molar-refractivity contribution is -0.142. The molecule has 0 spiro atoms. The molecule has 17 heteroatoms. The Labute approximate surface area is 369 Å². The lowest BCUT2D eigenvalue weighted by Gasteiger charge is -2.24. The van der Waals surface area contributed by atoms with Crippen molar-refractivity contribution in [3.05, 3.63) is 47.5 Å². The van der Waals surface area contributed by atoms with Crippen LogP contribution in [-0.2, 0) is 40.0 Å². The lowest BCUT2D eigenvalue weighted by Crippen LogP contribution is -2.53. The van der Waals surface area contributed by atoms with E-state index in [1.54, 1.807) is 6.92 Å². The first-order chi connectivity index (χ1) is 30.1. The third-order valence-corrected chi connectivity index (χ3v) is 11.2. The van der Waals surface area contributed by atoms with Crippen molar-refractivity contribution in [1.82, 2.24) is 31.9 Å². The summed E-state index contributed by atoms with van der Waals surface area (Å²) in [6.07, 6.45) is 15.6. The van der Waals surface area contributed by atoms with Crippen LogP contribution in [0.1, 0.15) is 134 Å². The van der Waals surface area contributed by atoms with Crippen molar-refractivity contribution in [2.75, 3.05) is 19.7 Å². The van der Waals surface area contributed by atoms with Crippen molar-refractivity contribution in [1.29, 1.82) is 0 Å². The van der Waals surface area contributed by atoms with E-state index in [4.69, 9.17) is 0 Å². The second-order valence-corrected chi connectivity index (χ2v) is 16.5. The molecule has 4 bridgehead atoms. The molecule has 348 valence electrons. The normalized spacial score (nSPS) is 17.2. The number of aliphatic carboxylic acids is 1. The van der Waals surface area contributed by atoms with E-state index >= 15 is 0 Å². The van der Waals surface area contributed by atoms with Crippen LogP contribution in [0.5, 0.6) is 11.5 Å².